The van der Waals surface area contributed by atoms with Crippen molar-refractivity contribution in [3.63, 3.8) is 0 Å². The molecule has 0 saturated carbocycles. The number of nitrogens with zero attached hydrogens (tertiary/aromatic N) is 4. The molecule has 0 bridgehead atoms. The number of hydrogen-bond acceptors (Lipinski definition) is 5. The van der Waals surface area contributed by atoms with E-state index >= 15 is 0 Å². The molecule has 4 heterocycles. The summed E-state index contributed by atoms with van der Waals surface area (Å²) in [6.45, 7) is 3.02. The van der Waals surface area contributed by atoms with Crippen LogP contribution >= 0.6 is 0 Å². The Balaban J connectivity index is 1.56. The van der Waals surface area contributed by atoms with Crippen molar-refractivity contribution in [3.05, 3.63) is 66.6 Å². The maximum Gasteiger partial charge on any atom is 0.126 e. The van der Waals surface area contributed by atoms with Gasteiger partial charge in [0.2, 0.25) is 0 Å². The number of rotatable bonds is 4. The molecular weight excluding hydrogens is 302 g/mol. The molecular formula is C18H19N5O. The maximum atomic E-state index is 5.69. The highest BCUT2D eigenvalue weighted by molar-refractivity contribution is 5.56. The molecule has 1 atom stereocenters. The van der Waals surface area contributed by atoms with Crippen molar-refractivity contribution < 1.29 is 4.74 Å². The summed E-state index contributed by atoms with van der Waals surface area (Å²) in [4.78, 5) is 19.0. The van der Waals surface area contributed by atoms with Crippen LogP contribution in [0.4, 0.5) is 0 Å². The molecule has 24 heavy (non-hydrogen) atoms. The van der Waals surface area contributed by atoms with E-state index < -0.39 is 0 Å². The number of morpholine rings is 1. The molecule has 4 rings (SSSR count). The molecule has 0 aliphatic carbocycles. The van der Waals surface area contributed by atoms with Crippen molar-refractivity contribution in [2.24, 2.45) is 0 Å². The van der Waals surface area contributed by atoms with Crippen LogP contribution in [0.1, 0.15) is 17.6 Å². The van der Waals surface area contributed by atoms with Gasteiger partial charge in [-0.05, 0) is 24.3 Å². The summed E-state index contributed by atoms with van der Waals surface area (Å²) in [6, 6.07) is 10.1. The molecule has 0 aromatic carbocycles. The Morgan fingerprint density at radius 1 is 1.12 bits per heavy atom. The van der Waals surface area contributed by atoms with Gasteiger partial charge < -0.3 is 9.72 Å². The molecule has 1 aliphatic rings. The predicted octanol–water partition coefficient (Wildman–Crippen LogP) is 2.44. The van der Waals surface area contributed by atoms with Crippen LogP contribution in [0.5, 0.6) is 0 Å². The lowest BCUT2D eigenvalue weighted by Gasteiger charge is -2.34. The third-order valence-electron chi connectivity index (χ3n) is 4.21. The third-order valence-corrected chi connectivity index (χ3v) is 4.21. The molecule has 3 aromatic heterocycles. The number of hydrogen-bond donors (Lipinski definition) is 1. The van der Waals surface area contributed by atoms with Crippen molar-refractivity contribution in [1.82, 2.24) is 24.8 Å². The Hall–Kier alpha value is -2.57. The SMILES string of the molecule is c1ccc(CN2CCOC[C@H]2c2ncc(-c3cccnc3)[nH]2)nc1. The zero-order chi connectivity index (χ0) is 16.2. The first-order chi connectivity index (χ1) is 11.9. The standard InChI is InChI=1S/C18H19N5O/c1-2-7-20-15(5-1)12-23-8-9-24-13-17(23)18-21-11-16(22-18)14-4-3-6-19-10-14/h1-7,10-11,17H,8-9,12-13H2,(H,21,22)/t17-/m0/s1. The molecule has 6 nitrogen and oxygen atoms in total. The average molecular weight is 321 g/mol. The van der Waals surface area contributed by atoms with Crippen LogP contribution in [0, 0.1) is 0 Å². The smallest absolute Gasteiger partial charge is 0.126 e. The van der Waals surface area contributed by atoms with Crippen molar-refractivity contribution in [1.29, 1.82) is 0 Å². The van der Waals surface area contributed by atoms with Gasteiger partial charge in [-0.25, -0.2) is 4.98 Å². The second kappa shape index (κ2) is 6.90. The number of pyridine rings is 2. The average Bonchev–Trinajstić information content (AvgIpc) is 3.14. The fourth-order valence-electron chi connectivity index (χ4n) is 2.95. The largest absolute Gasteiger partial charge is 0.378 e. The number of aromatic amines is 1. The van der Waals surface area contributed by atoms with Crippen molar-refractivity contribution in [2.45, 2.75) is 12.6 Å². The van der Waals surface area contributed by atoms with Crippen molar-refractivity contribution in [2.75, 3.05) is 19.8 Å². The van der Waals surface area contributed by atoms with E-state index in [1.165, 1.54) is 0 Å². The second-order valence-corrected chi connectivity index (χ2v) is 5.81. The van der Waals surface area contributed by atoms with Crippen LogP contribution in [-0.2, 0) is 11.3 Å². The first kappa shape index (κ1) is 15.0. The van der Waals surface area contributed by atoms with Gasteiger partial charge in [-0.15, -0.1) is 0 Å². The van der Waals surface area contributed by atoms with Gasteiger partial charge in [-0.1, -0.05) is 6.07 Å². The van der Waals surface area contributed by atoms with Crippen LogP contribution in [0.15, 0.2) is 55.1 Å². The van der Waals surface area contributed by atoms with Crippen LogP contribution in [0.25, 0.3) is 11.3 Å². The van der Waals surface area contributed by atoms with Gasteiger partial charge in [-0.3, -0.25) is 14.9 Å². The summed E-state index contributed by atoms with van der Waals surface area (Å²) in [5.41, 5.74) is 3.06. The Kier molecular flexibility index (Phi) is 4.31. The summed E-state index contributed by atoms with van der Waals surface area (Å²) >= 11 is 0. The molecule has 0 radical (unpaired) electrons. The number of ether oxygens (including phenoxy) is 1. The maximum absolute atomic E-state index is 5.69. The zero-order valence-corrected chi connectivity index (χ0v) is 13.3. The zero-order valence-electron chi connectivity index (χ0n) is 13.3. The fraction of sp³-hybridized carbons (Fsp3) is 0.278. The first-order valence-corrected chi connectivity index (χ1v) is 8.07. The van der Waals surface area contributed by atoms with E-state index in [0.29, 0.717) is 6.61 Å². The number of imidazole rings is 1. The lowest BCUT2D eigenvalue weighted by atomic mass is 10.2. The van der Waals surface area contributed by atoms with Gasteiger partial charge in [0.15, 0.2) is 0 Å². The van der Waals surface area contributed by atoms with Gasteiger partial charge in [-0.2, -0.15) is 0 Å². The van der Waals surface area contributed by atoms with Gasteiger partial charge in [0.1, 0.15) is 5.82 Å². The number of aromatic nitrogens is 4. The van der Waals surface area contributed by atoms with Crippen molar-refractivity contribution >= 4 is 0 Å². The van der Waals surface area contributed by atoms with Gasteiger partial charge >= 0.3 is 0 Å². The molecule has 122 valence electrons. The van der Waals surface area contributed by atoms with E-state index in [1.807, 2.05) is 42.9 Å². The minimum absolute atomic E-state index is 0.103. The van der Waals surface area contributed by atoms with E-state index in [1.54, 1.807) is 6.20 Å². The summed E-state index contributed by atoms with van der Waals surface area (Å²) in [5, 5.41) is 0. The summed E-state index contributed by atoms with van der Waals surface area (Å²) in [6.07, 6.45) is 7.29. The topological polar surface area (TPSA) is 66.9 Å². The third kappa shape index (κ3) is 3.20. The van der Waals surface area contributed by atoms with E-state index in [2.05, 4.69) is 30.9 Å². The van der Waals surface area contributed by atoms with Gasteiger partial charge in [0.05, 0.1) is 36.8 Å². The first-order valence-electron chi connectivity index (χ1n) is 8.07. The molecule has 1 aliphatic heterocycles. The van der Waals surface area contributed by atoms with E-state index in [-0.39, 0.29) is 6.04 Å². The highest BCUT2D eigenvalue weighted by Gasteiger charge is 2.27. The fourth-order valence-corrected chi connectivity index (χ4v) is 2.95. The Labute approximate surface area is 140 Å². The van der Waals surface area contributed by atoms with E-state index in [9.17, 15) is 0 Å². The molecule has 1 fully saturated rings. The predicted molar refractivity (Wildman–Crippen MR) is 90.0 cm³/mol. The molecule has 3 aromatic rings. The second-order valence-electron chi connectivity index (χ2n) is 5.81. The van der Waals surface area contributed by atoms with Crippen LogP contribution in [-0.4, -0.2) is 44.6 Å². The van der Waals surface area contributed by atoms with Gasteiger partial charge in [0.25, 0.3) is 0 Å². The molecule has 6 heteroatoms. The summed E-state index contributed by atoms with van der Waals surface area (Å²) in [7, 11) is 0. The van der Waals surface area contributed by atoms with Crippen molar-refractivity contribution in [3.8, 4) is 11.3 Å². The van der Waals surface area contributed by atoms with Crippen LogP contribution in [0.3, 0.4) is 0 Å². The Bertz CT molecular complexity index is 774. The number of H-pyrrole nitrogens is 1. The van der Waals surface area contributed by atoms with Gasteiger partial charge in [0, 0.05) is 37.2 Å². The molecule has 0 amide bonds. The lowest BCUT2D eigenvalue weighted by Crippen LogP contribution is -2.39. The Morgan fingerprint density at radius 3 is 2.96 bits per heavy atom. The molecule has 0 unspecified atom stereocenters. The minimum atomic E-state index is 0.103. The van der Waals surface area contributed by atoms with E-state index in [0.717, 1.165) is 42.5 Å². The summed E-state index contributed by atoms with van der Waals surface area (Å²) < 4.78 is 5.69. The normalized spacial score (nSPS) is 18.6. The Morgan fingerprint density at radius 2 is 2.12 bits per heavy atom. The minimum Gasteiger partial charge on any atom is -0.378 e. The number of nitrogens with one attached hydrogen (secondary N) is 1. The van der Waals surface area contributed by atoms with E-state index in [4.69, 9.17) is 4.74 Å². The quantitative estimate of drug-likeness (QED) is 0.799. The highest BCUT2D eigenvalue weighted by atomic mass is 16.5. The monoisotopic (exact) mass is 321 g/mol. The highest BCUT2D eigenvalue weighted by Crippen LogP contribution is 2.25. The van der Waals surface area contributed by atoms with Crippen LogP contribution in [0.2, 0.25) is 0 Å². The molecule has 1 N–H and O–H groups in total. The van der Waals surface area contributed by atoms with Crippen LogP contribution < -0.4 is 0 Å². The molecule has 0 spiro atoms. The lowest BCUT2D eigenvalue weighted by molar-refractivity contribution is -0.0161. The molecule has 1 saturated heterocycles. The summed E-state index contributed by atoms with van der Waals surface area (Å²) in [5.74, 6) is 0.921.